The average Bonchev–Trinajstić information content (AvgIpc) is 2.35. The number of alkyl halides is 1. The summed E-state index contributed by atoms with van der Waals surface area (Å²) in [7, 11) is 0. The first kappa shape index (κ1) is 12.6. The van der Waals surface area contributed by atoms with Crippen molar-refractivity contribution in [3.63, 3.8) is 0 Å². The molecule has 0 aliphatic heterocycles. The minimum atomic E-state index is 0.607. The Hall–Kier alpha value is -0.880. The number of rotatable bonds is 4. The molecular weight excluding hydrogens is 349 g/mol. The van der Waals surface area contributed by atoms with E-state index in [0.29, 0.717) is 11.8 Å². The Labute approximate surface area is 119 Å². The molecule has 1 aromatic heterocycles. The number of halogens is 2. The van der Waals surface area contributed by atoms with Gasteiger partial charge in [-0.3, -0.25) is 0 Å². The smallest absolute Gasteiger partial charge is 0.227 e. The maximum Gasteiger partial charge on any atom is 0.227 e. The number of nitrogens with one attached hydrogen (secondary N) is 1. The molecule has 0 saturated heterocycles. The summed E-state index contributed by atoms with van der Waals surface area (Å²) in [6, 6.07) is 8.11. The minimum Gasteiger partial charge on any atom is -0.324 e. The molecule has 3 nitrogen and oxygen atoms in total. The van der Waals surface area contributed by atoms with Crippen molar-refractivity contribution in [1.29, 1.82) is 0 Å². The second-order valence-corrected chi connectivity index (χ2v) is 5.11. The summed E-state index contributed by atoms with van der Waals surface area (Å²) in [5, 5.41) is 3.14. The predicted molar refractivity (Wildman–Crippen MR) is 78.9 cm³/mol. The molecular formula is C12H11ClIN3. The summed E-state index contributed by atoms with van der Waals surface area (Å²) in [6.45, 7) is 0. The molecule has 88 valence electrons. The second kappa shape index (κ2) is 6.16. The Morgan fingerprint density at radius 3 is 2.35 bits per heavy atom. The van der Waals surface area contributed by atoms with Gasteiger partial charge in [0, 0.05) is 27.5 Å². The maximum absolute atomic E-state index is 5.68. The lowest BCUT2D eigenvalue weighted by Crippen LogP contribution is -1.97. The minimum absolute atomic E-state index is 0.607. The quantitative estimate of drug-likeness (QED) is 0.669. The van der Waals surface area contributed by atoms with Gasteiger partial charge in [-0.1, -0.05) is 12.1 Å². The molecule has 0 aliphatic rings. The van der Waals surface area contributed by atoms with Crippen molar-refractivity contribution >= 4 is 45.8 Å². The monoisotopic (exact) mass is 359 g/mol. The topological polar surface area (TPSA) is 37.8 Å². The highest BCUT2D eigenvalue weighted by atomic mass is 127. The molecule has 5 heteroatoms. The molecule has 0 saturated carbocycles. The number of anilines is 2. The van der Waals surface area contributed by atoms with Crippen LogP contribution in [0.4, 0.5) is 11.6 Å². The third kappa shape index (κ3) is 3.81. The van der Waals surface area contributed by atoms with Crippen molar-refractivity contribution < 1.29 is 0 Å². The van der Waals surface area contributed by atoms with E-state index in [-0.39, 0.29) is 0 Å². The van der Waals surface area contributed by atoms with E-state index in [1.54, 1.807) is 12.4 Å². The third-order valence-corrected chi connectivity index (χ3v) is 2.96. The standard InChI is InChI=1S/C12H11ClIN3/c13-6-5-9-1-3-11(4-2-9)17-12-15-7-10(14)8-16-12/h1-4,7-8H,5-6H2,(H,15,16,17). The lowest BCUT2D eigenvalue weighted by Gasteiger charge is -2.05. The number of aromatic nitrogens is 2. The zero-order valence-corrected chi connectivity index (χ0v) is 11.9. The first-order valence-electron chi connectivity index (χ1n) is 5.17. The lowest BCUT2D eigenvalue weighted by atomic mass is 10.1. The van der Waals surface area contributed by atoms with E-state index in [9.17, 15) is 0 Å². The molecule has 17 heavy (non-hydrogen) atoms. The summed E-state index contributed by atoms with van der Waals surface area (Å²) in [5.74, 6) is 1.25. The SMILES string of the molecule is ClCCc1ccc(Nc2ncc(I)cn2)cc1. The Balaban J connectivity index is 2.05. The van der Waals surface area contributed by atoms with E-state index in [4.69, 9.17) is 11.6 Å². The maximum atomic E-state index is 5.68. The number of hydrogen-bond acceptors (Lipinski definition) is 3. The van der Waals surface area contributed by atoms with Crippen molar-refractivity contribution in [2.75, 3.05) is 11.2 Å². The highest BCUT2D eigenvalue weighted by molar-refractivity contribution is 14.1. The van der Waals surface area contributed by atoms with Crippen molar-refractivity contribution in [1.82, 2.24) is 9.97 Å². The van der Waals surface area contributed by atoms with Crippen LogP contribution in [0.3, 0.4) is 0 Å². The van der Waals surface area contributed by atoms with Gasteiger partial charge in [-0.05, 0) is 46.7 Å². The average molecular weight is 360 g/mol. The van der Waals surface area contributed by atoms with Gasteiger partial charge >= 0.3 is 0 Å². The normalized spacial score (nSPS) is 10.2. The van der Waals surface area contributed by atoms with Gasteiger partial charge in [0.15, 0.2) is 0 Å². The van der Waals surface area contributed by atoms with Gasteiger partial charge in [0.05, 0.1) is 0 Å². The van der Waals surface area contributed by atoms with Crippen molar-refractivity contribution in [3.05, 3.63) is 45.8 Å². The predicted octanol–water partition coefficient (Wildman–Crippen LogP) is 3.61. The van der Waals surface area contributed by atoms with Crippen LogP contribution in [-0.2, 0) is 6.42 Å². The van der Waals surface area contributed by atoms with Gasteiger partial charge in [0.2, 0.25) is 5.95 Å². The van der Waals surface area contributed by atoms with E-state index in [2.05, 4.69) is 50.0 Å². The fourth-order valence-electron chi connectivity index (χ4n) is 1.37. The lowest BCUT2D eigenvalue weighted by molar-refractivity contribution is 1.14. The second-order valence-electron chi connectivity index (χ2n) is 3.49. The number of hydrogen-bond donors (Lipinski definition) is 1. The fourth-order valence-corrected chi connectivity index (χ4v) is 1.87. The number of nitrogens with zero attached hydrogens (tertiary/aromatic N) is 2. The summed E-state index contributed by atoms with van der Waals surface area (Å²) in [6.07, 6.45) is 4.44. The van der Waals surface area contributed by atoms with Crippen LogP contribution in [0, 0.1) is 3.57 Å². The molecule has 1 heterocycles. The van der Waals surface area contributed by atoms with Gasteiger partial charge < -0.3 is 5.32 Å². The molecule has 0 bridgehead atoms. The molecule has 1 aromatic carbocycles. The van der Waals surface area contributed by atoms with E-state index >= 15 is 0 Å². The van der Waals surface area contributed by atoms with Gasteiger partial charge in [0.25, 0.3) is 0 Å². The van der Waals surface area contributed by atoms with Crippen LogP contribution >= 0.6 is 34.2 Å². The Kier molecular flexibility index (Phi) is 4.56. The molecule has 0 radical (unpaired) electrons. The zero-order chi connectivity index (χ0) is 12.1. The summed E-state index contributed by atoms with van der Waals surface area (Å²) in [5.41, 5.74) is 2.21. The van der Waals surface area contributed by atoms with Crippen molar-refractivity contribution in [2.24, 2.45) is 0 Å². The molecule has 0 fully saturated rings. The molecule has 0 amide bonds. The Morgan fingerprint density at radius 2 is 1.76 bits per heavy atom. The van der Waals surface area contributed by atoms with Crippen LogP contribution in [0.2, 0.25) is 0 Å². The van der Waals surface area contributed by atoms with E-state index < -0.39 is 0 Å². The van der Waals surface area contributed by atoms with E-state index in [1.165, 1.54) is 5.56 Å². The highest BCUT2D eigenvalue weighted by Crippen LogP contribution is 2.14. The van der Waals surface area contributed by atoms with Crippen LogP contribution in [0.15, 0.2) is 36.7 Å². The summed E-state index contributed by atoms with van der Waals surface area (Å²) >= 11 is 7.86. The van der Waals surface area contributed by atoms with Gasteiger partial charge in [-0.25, -0.2) is 9.97 Å². The van der Waals surface area contributed by atoms with Crippen molar-refractivity contribution in [2.45, 2.75) is 6.42 Å². The summed E-state index contributed by atoms with van der Waals surface area (Å²) in [4.78, 5) is 8.36. The van der Waals surface area contributed by atoms with E-state index in [0.717, 1.165) is 15.7 Å². The Morgan fingerprint density at radius 1 is 1.12 bits per heavy atom. The molecule has 0 unspecified atom stereocenters. The van der Waals surface area contributed by atoms with E-state index in [1.807, 2.05) is 12.1 Å². The molecule has 2 aromatic rings. The first-order valence-corrected chi connectivity index (χ1v) is 6.79. The van der Waals surface area contributed by atoms with Crippen molar-refractivity contribution in [3.8, 4) is 0 Å². The Bertz CT molecular complexity index is 470. The number of benzene rings is 1. The first-order chi connectivity index (χ1) is 8.28. The fraction of sp³-hybridized carbons (Fsp3) is 0.167. The van der Waals surface area contributed by atoms with Crippen LogP contribution < -0.4 is 5.32 Å². The van der Waals surface area contributed by atoms with Crippen LogP contribution in [0.5, 0.6) is 0 Å². The van der Waals surface area contributed by atoms with Gasteiger partial charge in [-0.15, -0.1) is 11.6 Å². The zero-order valence-electron chi connectivity index (χ0n) is 9.03. The molecule has 2 rings (SSSR count). The van der Waals surface area contributed by atoms with Gasteiger partial charge in [0.1, 0.15) is 0 Å². The summed E-state index contributed by atoms with van der Waals surface area (Å²) < 4.78 is 1.02. The third-order valence-electron chi connectivity index (χ3n) is 2.21. The van der Waals surface area contributed by atoms with Gasteiger partial charge in [-0.2, -0.15) is 0 Å². The van der Waals surface area contributed by atoms with Crippen LogP contribution in [0.1, 0.15) is 5.56 Å². The molecule has 0 atom stereocenters. The molecule has 1 N–H and O–H groups in total. The molecule has 0 aliphatic carbocycles. The highest BCUT2D eigenvalue weighted by Gasteiger charge is 1.98. The number of aryl methyl sites for hydroxylation is 1. The largest absolute Gasteiger partial charge is 0.324 e. The van der Waals surface area contributed by atoms with Crippen LogP contribution in [-0.4, -0.2) is 15.8 Å². The van der Waals surface area contributed by atoms with Crippen LogP contribution in [0.25, 0.3) is 0 Å². The molecule has 0 spiro atoms.